The van der Waals surface area contributed by atoms with Crippen molar-refractivity contribution in [3.63, 3.8) is 0 Å². The molecule has 76 valence electrons. The van der Waals surface area contributed by atoms with E-state index in [4.69, 9.17) is 9.84 Å². The zero-order valence-corrected chi connectivity index (χ0v) is 8.16. The van der Waals surface area contributed by atoms with E-state index < -0.39 is 5.97 Å². The molecule has 0 saturated carbocycles. The Morgan fingerprint density at radius 1 is 1.62 bits per heavy atom. The van der Waals surface area contributed by atoms with Gasteiger partial charge in [0.25, 0.3) is 0 Å². The number of aliphatic carboxylic acids is 1. The Morgan fingerprint density at radius 3 is 2.85 bits per heavy atom. The van der Waals surface area contributed by atoms with E-state index in [0.29, 0.717) is 0 Å². The lowest BCUT2D eigenvalue weighted by atomic mass is 9.92. The molecule has 0 spiro atoms. The first-order chi connectivity index (χ1) is 6.25. The Hall–Kier alpha value is -0.570. The number of rotatable bonds is 4. The number of hydrogen-bond donors (Lipinski definition) is 1. The molecule has 2 atom stereocenters. The number of hydrogen-bond acceptors (Lipinski definition) is 2. The van der Waals surface area contributed by atoms with Crippen LogP contribution < -0.4 is 0 Å². The molecule has 13 heavy (non-hydrogen) atoms. The topological polar surface area (TPSA) is 46.5 Å². The Morgan fingerprint density at radius 2 is 2.38 bits per heavy atom. The first kappa shape index (κ1) is 10.5. The average molecular weight is 186 g/mol. The Bertz CT molecular complexity index is 162. The highest BCUT2D eigenvalue weighted by molar-refractivity contribution is 5.70. The van der Waals surface area contributed by atoms with Gasteiger partial charge in [0.1, 0.15) is 0 Å². The lowest BCUT2D eigenvalue weighted by molar-refractivity contribution is -0.149. The molecule has 3 nitrogen and oxygen atoms in total. The summed E-state index contributed by atoms with van der Waals surface area (Å²) >= 11 is 0. The molecule has 1 saturated heterocycles. The number of ether oxygens (including phenoxy) is 1. The molecule has 1 fully saturated rings. The molecule has 1 aliphatic heterocycles. The zero-order chi connectivity index (χ0) is 9.68. The molecule has 1 rings (SSSR count). The number of carboxylic acid groups (broad SMARTS) is 1. The van der Waals surface area contributed by atoms with Crippen LogP contribution in [0.15, 0.2) is 0 Å². The Balaban J connectivity index is 2.46. The van der Waals surface area contributed by atoms with Crippen molar-refractivity contribution >= 4 is 5.97 Å². The second-order valence-corrected chi connectivity index (χ2v) is 3.64. The fraction of sp³-hybridized carbons (Fsp3) is 0.900. The molecular formula is C10H18O3. The van der Waals surface area contributed by atoms with Crippen LogP contribution in [0.4, 0.5) is 0 Å². The highest BCUT2D eigenvalue weighted by Crippen LogP contribution is 2.23. The summed E-state index contributed by atoms with van der Waals surface area (Å²) in [5, 5.41) is 8.98. The minimum Gasteiger partial charge on any atom is -0.481 e. The predicted octanol–water partition coefficient (Wildman–Crippen LogP) is 2.06. The lowest BCUT2D eigenvalue weighted by Crippen LogP contribution is -2.33. The van der Waals surface area contributed by atoms with Gasteiger partial charge in [-0.15, -0.1) is 0 Å². The van der Waals surface area contributed by atoms with Crippen LogP contribution in [-0.4, -0.2) is 23.8 Å². The van der Waals surface area contributed by atoms with E-state index in [-0.39, 0.29) is 12.0 Å². The quantitative estimate of drug-likeness (QED) is 0.731. The second-order valence-electron chi connectivity index (χ2n) is 3.64. The number of carboxylic acids is 1. The van der Waals surface area contributed by atoms with Crippen LogP contribution >= 0.6 is 0 Å². The summed E-state index contributed by atoms with van der Waals surface area (Å²) in [6.07, 6.45) is 4.71. The summed E-state index contributed by atoms with van der Waals surface area (Å²) in [7, 11) is 0. The third-order valence-electron chi connectivity index (χ3n) is 2.58. The molecule has 3 heteroatoms. The van der Waals surface area contributed by atoms with Crippen molar-refractivity contribution in [2.75, 3.05) is 6.61 Å². The van der Waals surface area contributed by atoms with E-state index in [0.717, 1.165) is 38.7 Å². The van der Waals surface area contributed by atoms with Crippen LogP contribution in [0.1, 0.15) is 39.0 Å². The van der Waals surface area contributed by atoms with Crippen molar-refractivity contribution in [2.24, 2.45) is 5.92 Å². The van der Waals surface area contributed by atoms with E-state index in [1.54, 1.807) is 0 Å². The van der Waals surface area contributed by atoms with Crippen LogP contribution in [0.5, 0.6) is 0 Å². The van der Waals surface area contributed by atoms with Crippen LogP contribution in [0.3, 0.4) is 0 Å². The van der Waals surface area contributed by atoms with Crippen molar-refractivity contribution < 1.29 is 14.6 Å². The molecule has 1 heterocycles. The molecule has 1 N–H and O–H groups in total. The van der Waals surface area contributed by atoms with E-state index in [9.17, 15) is 4.79 Å². The van der Waals surface area contributed by atoms with Gasteiger partial charge >= 0.3 is 5.97 Å². The maximum absolute atomic E-state index is 10.9. The van der Waals surface area contributed by atoms with Gasteiger partial charge in [-0.2, -0.15) is 0 Å². The molecule has 0 amide bonds. The van der Waals surface area contributed by atoms with Crippen molar-refractivity contribution in [1.29, 1.82) is 0 Å². The van der Waals surface area contributed by atoms with Gasteiger partial charge in [0.2, 0.25) is 0 Å². The van der Waals surface area contributed by atoms with E-state index >= 15 is 0 Å². The van der Waals surface area contributed by atoms with Gasteiger partial charge in [0.05, 0.1) is 12.0 Å². The van der Waals surface area contributed by atoms with E-state index in [2.05, 4.69) is 0 Å². The third-order valence-corrected chi connectivity index (χ3v) is 2.58. The largest absolute Gasteiger partial charge is 0.481 e. The Kier molecular flexibility index (Phi) is 4.22. The average Bonchev–Trinajstić information content (AvgIpc) is 2.15. The maximum atomic E-state index is 10.9. The molecule has 1 aliphatic rings. The van der Waals surface area contributed by atoms with Crippen LogP contribution in [0.25, 0.3) is 0 Å². The zero-order valence-electron chi connectivity index (χ0n) is 8.16. The third kappa shape index (κ3) is 2.99. The predicted molar refractivity (Wildman–Crippen MR) is 49.6 cm³/mol. The fourth-order valence-corrected chi connectivity index (χ4v) is 1.86. The van der Waals surface area contributed by atoms with Gasteiger partial charge in [-0.3, -0.25) is 4.79 Å². The first-order valence-electron chi connectivity index (χ1n) is 5.10. The molecule has 0 aliphatic carbocycles. The van der Waals surface area contributed by atoms with Gasteiger partial charge in [0, 0.05) is 6.61 Å². The van der Waals surface area contributed by atoms with Crippen LogP contribution in [-0.2, 0) is 9.53 Å². The minimum atomic E-state index is -0.700. The molecule has 2 unspecified atom stereocenters. The van der Waals surface area contributed by atoms with Gasteiger partial charge in [-0.1, -0.05) is 13.3 Å². The molecule has 0 bridgehead atoms. The van der Waals surface area contributed by atoms with E-state index in [1.807, 2.05) is 6.92 Å². The van der Waals surface area contributed by atoms with E-state index in [1.165, 1.54) is 0 Å². The molecule has 0 radical (unpaired) electrons. The maximum Gasteiger partial charge on any atom is 0.309 e. The van der Waals surface area contributed by atoms with Crippen molar-refractivity contribution in [3.05, 3.63) is 0 Å². The minimum absolute atomic E-state index is 0.0359. The standard InChI is InChI=1S/C10H18O3/c1-2-5-8(10(11)12)9-6-3-4-7-13-9/h8-9H,2-7H2,1H3,(H,11,12). The van der Waals surface area contributed by atoms with Crippen LogP contribution in [0.2, 0.25) is 0 Å². The summed E-state index contributed by atoms with van der Waals surface area (Å²) in [4.78, 5) is 10.9. The summed E-state index contributed by atoms with van der Waals surface area (Å²) in [6.45, 7) is 2.75. The highest BCUT2D eigenvalue weighted by atomic mass is 16.5. The second kappa shape index (κ2) is 5.22. The van der Waals surface area contributed by atoms with Gasteiger partial charge < -0.3 is 9.84 Å². The molecule has 0 aromatic carbocycles. The lowest BCUT2D eigenvalue weighted by Gasteiger charge is -2.27. The Labute approximate surface area is 79.1 Å². The normalized spacial score (nSPS) is 25.5. The van der Waals surface area contributed by atoms with Gasteiger partial charge in [-0.25, -0.2) is 0 Å². The highest BCUT2D eigenvalue weighted by Gasteiger charge is 2.29. The fourth-order valence-electron chi connectivity index (χ4n) is 1.86. The van der Waals surface area contributed by atoms with Crippen molar-refractivity contribution in [1.82, 2.24) is 0 Å². The monoisotopic (exact) mass is 186 g/mol. The van der Waals surface area contributed by atoms with Gasteiger partial charge in [0.15, 0.2) is 0 Å². The van der Waals surface area contributed by atoms with Gasteiger partial charge in [-0.05, 0) is 25.7 Å². The summed E-state index contributed by atoms with van der Waals surface area (Å²) in [5.41, 5.74) is 0. The number of carbonyl (C=O) groups is 1. The SMILES string of the molecule is CCCC(C(=O)O)C1CCCCO1. The molecule has 0 aromatic heterocycles. The van der Waals surface area contributed by atoms with Crippen molar-refractivity contribution in [3.8, 4) is 0 Å². The first-order valence-corrected chi connectivity index (χ1v) is 5.10. The summed E-state index contributed by atoms with van der Waals surface area (Å²) in [6, 6.07) is 0. The smallest absolute Gasteiger partial charge is 0.309 e. The van der Waals surface area contributed by atoms with Crippen molar-refractivity contribution in [2.45, 2.75) is 45.1 Å². The summed E-state index contributed by atoms with van der Waals surface area (Å²) < 4.78 is 5.47. The summed E-state index contributed by atoms with van der Waals surface area (Å²) in [5.74, 6) is -0.987. The molecular weight excluding hydrogens is 168 g/mol. The van der Waals surface area contributed by atoms with Crippen LogP contribution in [0, 0.1) is 5.92 Å². The molecule has 0 aromatic rings.